The minimum absolute atomic E-state index is 0.142. The van der Waals surface area contributed by atoms with Crippen molar-refractivity contribution in [2.75, 3.05) is 14.2 Å². The minimum Gasteiger partial charge on any atom is -0.493 e. The lowest BCUT2D eigenvalue weighted by Crippen LogP contribution is -2.11. The molecule has 1 saturated carbocycles. The second-order valence-electron chi connectivity index (χ2n) is 10.9. The van der Waals surface area contributed by atoms with E-state index in [1.54, 1.807) is 26.4 Å². The zero-order valence-electron chi connectivity index (χ0n) is 24.6. The summed E-state index contributed by atoms with van der Waals surface area (Å²) in [6.45, 7) is 0.560. The number of ether oxygens (including phenoxy) is 4. The van der Waals surface area contributed by atoms with E-state index in [4.69, 9.17) is 23.4 Å². The predicted molar refractivity (Wildman–Crippen MR) is 168 cm³/mol. The normalized spacial score (nSPS) is 13.5. The van der Waals surface area contributed by atoms with Gasteiger partial charge in [0.15, 0.2) is 17.3 Å². The third kappa shape index (κ3) is 6.24. The molecule has 0 spiro atoms. The number of benzene rings is 4. The molecule has 1 aromatic heterocycles. The number of hydrogen-bond donors (Lipinski definition) is 0. The van der Waals surface area contributed by atoms with Gasteiger partial charge in [-0.2, -0.15) is 0 Å². The first kappa shape index (κ1) is 28.4. The second-order valence-corrected chi connectivity index (χ2v) is 10.9. The van der Waals surface area contributed by atoms with Gasteiger partial charge in [-0.1, -0.05) is 86.0 Å². The molecule has 6 rings (SSSR count). The maximum atomic E-state index is 14.0. The van der Waals surface area contributed by atoms with E-state index in [1.807, 2.05) is 72.8 Å². The molecule has 1 aliphatic rings. The molecule has 0 bridgehead atoms. The summed E-state index contributed by atoms with van der Waals surface area (Å²) in [5.41, 5.74) is 4.08. The summed E-state index contributed by atoms with van der Waals surface area (Å²) >= 11 is 0. The van der Waals surface area contributed by atoms with Crippen molar-refractivity contribution in [3.05, 3.63) is 118 Å². The van der Waals surface area contributed by atoms with Crippen LogP contribution in [0.3, 0.4) is 0 Å². The third-order valence-corrected chi connectivity index (χ3v) is 8.13. The van der Waals surface area contributed by atoms with Crippen LogP contribution in [0, 0.1) is 0 Å². The molecule has 0 N–H and O–H groups in total. The fourth-order valence-corrected chi connectivity index (χ4v) is 5.82. The molecule has 0 saturated heterocycles. The lowest BCUT2D eigenvalue weighted by molar-refractivity contribution is 0.266. The molecule has 6 heteroatoms. The van der Waals surface area contributed by atoms with Crippen molar-refractivity contribution in [3.8, 4) is 34.3 Å². The third-order valence-electron chi connectivity index (χ3n) is 8.13. The van der Waals surface area contributed by atoms with E-state index in [0.29, 0.717) is 52.1 Å². The van der Waals surface area contributed by atoms with Gasteiger partial charge in [-0.3, -0.25) is 4.79 Å². The second kappa shape index (κ2) is 13.1. The fourth-order valence-electron chi connectivity index (χ4n) is 5.82. The van der Waals surface area contributed by atoms with E-state index in [0.717, 1.165) is 24.0 Å². The van der Waals surface area contributed by atoms with Gasteiger partial charge in [-0.15, -0.1) is 0 Å². The Morgan fingerprint density at radius 1 is 0.698 bits per heavy atom. The van der Waals surface area contributed by atoms with Crippen LogP contribution in [0.2, 0.25) is 0 Å². The summed E-state index contributed by atoms with van der Waals surface area (Å²) in [4.78, 5) is 14.0. The van der Waals surface area contributed by atoms with E-state index in [-0.39, 0.29) is 17.8 Å². The molecule has 43 heavy (non-hydrogen) atoms. The summed E-state index contributed by atoms with van der Waals surface area (Å²) in [6.07, 6.45) is 6.03. The highest BCUT2D eigenvalue weighted by Gasteiger charge is 2.24. The molecule has 1 fully saturated rings. The van der Waals surface area contributed by atoms with Crippen LogP contribution in [0.5, 0.6) is 23.0 Å². The van der Waals surface area contributed by atoms with Crippen LogP contribution in [0.4, 0.5) is 0 Å². The summed E-state index contributed by atoms with van der Waals surface area (Å²) in [6, 6.07) is 29.2. The Balaban J connectivity index is 1.45. The highest BCUT2D eigenvalue weighted by atomic mass is 16.5. The molecule has 4 aromatic carbocycles. The molecule has 220 valence electrons. The van der Waals surface area contributed by atoms with Crippen molar-refractivity contribution >= 4 is 11.0 Å². The van der Waals surface area contributed by atoms with Gasteiger partial charge in [0.25, 0.3) is 0 Å². The van der Waals surface area contributed by atoms with Crippen LogP contribution in [0.15, 0.2) is 100 Å². The molecular weight excluding hydrogens is 540 g/mol. The summed E-state index contributed by atoms with van der Waals surface area (Å²) in [5.74, 6) is 2.31. The maximum absolute atomic E-state index is 14.0. The van der Waals surface area contributed by atoms with E-state index >= 15 is 0 Å². The highest BCUT2D eigenvalue weighted by Crippen LogP contribution is 2.44. The molecule has 0 unspecified atom stereocenters. The monoisotopic (exact) mass is 576 g/mol. The molecule has 0 aliphatic heterocycles. The molecule has 1 aliphatic carbocycles. The molecule has 0 radical (unpaired) electrons. The van der Waals surface area contributed by atoms with Crippen molar-refractivity contribution in [2.45, 2.75) is 51.2 Å². The van der Waals surface area contributed by atoms with Crippen LogP contribution in [0.1, 0.15) is 54.7 Å². The van der Waals surface area contributed by atoms with Gasteiger partial charge < -0.3 is 23.4 Å². The van der Waals surface area contributed by atoms with Crippen molar-refractivity contribution in [1.82, 2.24) is 0 Å². The Morgan fingerprint density at radius 3 is 1.86 bits per heavy atom. The standard InChI is InChI=1S/C37H36O6/c1-39-32-21-29(22-33(40-2)36(32)41-23-25-12-6-3-7-13-25)35-37(42-24-26-14-8-4-9-15-26)34(38)30-19-18-28(20-31(30)43-35)27-16-10-5-11-17-27/h3-4,6-9,12-15,18-22,27H,5,10-11,16-17,23-24H2,1-2H3. The van der Waals surface area contributed by atoms with E-state index < -0.39 is 0 Å². The average molecular weight is 577 g/mol. The summed E-state index contributed by atoms with van der Waals surface area (Å²) in [7, 11) is 3.15. The van der Waals surface area contributed by atoms with E-state index in [9.17, 15) is 4.79 Å². The SMILES string of the molecule is COc1cc(-c2oc3cc(C4CCCCC4)ccc3c(=O)c2OCc2ccccc2)cc(OC)c1OCc1ccccc1. The Morgan fingerprint density at radius 2 is 1.28 bits per heavy atom. The maximum Gasteiger partial charge on any atom is 0.235 e. The number of fused-ring (bicyclic) bond motifs is 1. The molecule has 0 atom stereocenters. The zero-order chi connectivity index (χ0) is 29.6. The van der Waals surface area contributed by atoms with Crippen LogP contribution in [0.25, 0.3) is 22.3 Å². The zero-order valence-corrected chi connectivity index (χ0v) is 24.6. The fraction of sp³-hybridized carbons (Fsp3) is 0.270. The molecule has 0 amide bonds. The van der Waals surface area contributed by atoms with Crippen molar-refractivity contribution in [2.24, 2.45) is 0 Å². The molecule has 5 aromatic rings. The van der Waals surface area contributed by atoms with E-state index in [2.05, 4.69) is 6.07 Å². The van der Waals surface area contributed by atoms with Gasteiger partial charge >= 0.3 is 0 Å². The summed E-state index contributed by atoms with van der Waals surface area (Å²) < 4.78 is 30.5. The van der Waals surface area contributed by atoms with Gasteiger partial charge in [-0.05, 0) is 59.7 Å². The van der Waals surface area contributed by atoms with Crippen LogP contribution < -0.4 is 24.4 Å². The lowest BCUT2D eigenvalue weighted by Gasteiger charge is -2.22. The molecular formula is C37H36O6. The minimum atomic E-state index is -0.218. The topological polar surface area (TPSA) is 67.1 Å². The number of rotatable bonds is 10. The van der Waals surface area contributed by atoms with Gasteiger partial charge in [-0.25, -0.2) is 0 Å². The Hall–Kier alpha value is -4.71. The summed E-state index contributed by atoms with van der Waals surface area (Å²) in [5, 5.41) is 0.494. The Kier molecular flexibility index (Phi) is 8.64. The number of methoxy groups -OCH3 is 2. The van der Waals surface area contributed by atoms with Gasteiger partial charge in [0.1, 0.15) is 18.8 Å². The first-order valence-corrected chi connectivity index (χ1v) is 14.8. The average Bonchev–Trinajstić information content (AvgIpc) is 3.07. The van der Waals surface area contributed by atoms with Crippen LogP contribution in [-0.2, 0) is 13.2 Å². The molecule has 6 nitrogen and oxygen atoms in total. The smallest absolute Gasteiger partial charge is 0.235 e. The van der Waals surface area contributed by atoms with Gasteiger partial charge in [0.05, 0.1) is 19.6 Å². The Labute approximate surface area is 251 Å². The first-order chi connectivity index (χ1) is 21.1. The quantitative estimate of drug-likeness (QED) is 0.166. The highest BCUT2D eigenvalue weighted by molar-refractivity contribution is 5.83. The van der Waals surface area contributed by atoms with Gasteiger partial charge in [0, 0.05) is 5.56 Å². The van der Waals surface area contributed by atoms with Gasteiger partial charge in [0.2, 0.25) is 16.9 Å². The predicted octanol–water partition coefficient (Wildman–Crippen LogP) is 8.68. The first-order valence-electron chi connectivity index (χ1n) is 14.8. The largest absolute Gasteiger partial charge is 0.493 e. The van der Waals surface area contributed by atoms with Crippen molar-refractivity contribution in [3.63, 3.8) is 0 Å². The lowest BCUT2D eigenvalue weighted by atomic mass is 9.84. The van der Waals surface area contributed by atoms with Crippen LogP contribution in [-0.4, -0.2) is 14.2 Å². The van der Waals surface area contributed by atoms with Crippen molar-refractivity contribution in [1.29, 1.82) is 0 Å². The Bertz CT molecular complexity index is 1710. The van der Waals surface area contributed by atoms with Crippen molar-refractivity contribution < 1.29 is 23.4 Å². The number of hydrogen-bond acceptors (Lipinski definition) is 6. The molecule has 1 heterocycles. The van der Waals surface area contributed by atoms with E-state index in [1.165, 1.54) is 24.8 Å². The van der Waals surface area contributed by atoms with Crippen LogP contribution >= 0.6 is 0 Å².